The highest BCUT2D eigenvalue weighted by molar-refractivity contribution is 5.98. The number of amides is 2. The van der Waals surface area contributed by atoms with Crippen molar-refractivity contribution in [2.45, 2.75) is 25.8 Å². The molecule has 2 aromatic rings. The number of carbonyl (C=O) groups excluding carboxylic acids is 2. The number of anilines is 1. The lowest BCUT2D eigenvalue weighted by Gasteiger charge is -2.23. The molecule has 1 saturated heterocycles. The molecule has 0 bridgehead atoms. The molecule has 1 N–H and O–H groups in total. The molecule has 2 amide bonds. The van der Waals surface area contributed by atoms with Gasteiger partial charge in [0.15, 0.2) is 0 Å². The van der Waals surface area contributed by atoms with Gasteiger partial charge in [-0.3, -0.25) is 9.59 Å². The van der Waals surface area contributed by atoms with Crippen molar-refractivity contribution >= 4 is 17.5 Å². The SMILES string of the molecule is COc1cc(-n2cnnn2)ccc1NC(=O)C(C)N1CCCC1=O. The Kier molecular flexibility index (Phi) is 4.41. The Morgan fingerprint density at radius 3 is 2.88 bits per heavy atom. The van der Waals surface area contributed by atoms with Crippen molar-refractivity contribution in [2.75, 3.05) is 19.0 Å². The number of benzene rings is 1. The van der Waals surface area contributed by atoms with Crippen LogP contribution in [0.25, 0.3) is 5.69 Å². The second-order valence-electron chi connectivity index (χ2n) is 5.49. The summed E-state index contributed by atoms with van der Waals surface area (Å²) in [5.74, 6) is 0.244. The van der Waals surface area contributed by atoms with E-state index in [4.69, 9.17) is 4.74 Å². The average molecular weight is 330 g/mol. The minimum Gasteiger partial charge on any atom is -0.494 e. The van der Waals surface area contributed by atoms with E-state index < -0.39 is 6.04 Å². The van der Waals surface area contributed by atoms with Crippen LogP contribution in [0.5, 0.6) is 5.75 Å². The van der Waals surface area contributed by atoms with Crippen LogP contribution in [-0.2, 0) is 9.59 Å². The third-order valence-electron chi connectivity index (χ3n) is 4.01. The van der Waals surface area contributed by atoms with Gasteiger partial charge in [0.25, 0.3) is 0 Å². The van der Waals surface area contributed by atoms with Gasteiger partial charge < -0.3 is 15.0 Å². The first-order valence-electron chi connectivity index (χ1n) is 7.62. The van der Waals surface area contributed by atoms with Crippen LogP contribution >= 0.6 is 0 Å². The number of hydrogen-bond acceptors (Lipinski definition) is 6. The maximum atomic E-state index is 12.4. The number of hydrogen-bond donors (Lipinski definition) is 1. The zero-order chi connectivity index (χ0) is 17.1. The van der Waals surface area contributed by atoms with E-state index >= 15 is 0 Å². The second kappa shape index (κ2) is 6.65. The van der Waals surface area contributed by atoms with Crippen molar-refractivity contribution in [3.8, 4) is 11.4 Å². The van der Waals surface area contributed by atoms with E-state index in [-0.39, 0.29) is 11.8 Å². The second-order valence-corrected chi connectivity index (χ2v) is 5.49. The van der Waals surface area contributed by atoms with Gasteiger partial charge in [0.05, 0.1) is 18.5 Å². The molecule has 0 radical (unpaired) electrons. The van der Waals surface area contributed by atoms with E-state index in [9.17, 15) is 9.59 Å². The fourth-order valence-electron chi connectivity index (χ4n) is 2.66. The smallest absolute Gasteiger partial charge is 0.246 e. The molecule has 0 spiro atoms. The van der Waals surface area contributed by atoms with Gasteiger partial charge >= 0.3 is 0 Å². The summed E-state index contributed by atoms with van der Waals surface area (Å²) in [5.41, 5.74) is 1.23. The number of carbonyl (C=O) groups is 2. The van der Waals surface area contributed by atoms with E-state index in [1.165, 1.54) is 18.1 Å². The number of aromatic nitrogens is 4. The number of nitrogens with zero attached hydrogens (tertiary/aromatic N) is 5. The molecule has 3 rings (SSSR count). The van der Waals surface area contributed by atoms with Crippen LogP contribution in [0.2, 0.25) is 0 Å². The van der Waals surface area contributed by atoms with Crippen molar-refractivity contribution in [3.05, 3.63) is 24.5 Å². The molecule has 1 fully saturated rings. The highest BCUT2D eigenvalue weighted by atomic mass is 16.5. The molecule has 0 aliphatic carbocycles. The van der Waals surface area contributed by atoms with Crippen LogP contribution in [-0.4, -0.2) is 56.6 Å². The lowest BCUT2D eigenvalue weighted by molar-refractivity contribution is -0.134. The lowest BCUT2D eigenvalue weighted by atomic mass is 10.2. The Labute approximate surface area is 138 Å². The summed E-state index contributed by atoms with van der Waals surface area (Å²) in [5, 5.41) is 13.8. The van der Waals surface area contributed by atoms with Crippen LogP contribution in [0.3, 0.4) is 0 Å². The van der Waals surface area contributed by atoms with E-state index in [2.05, 4.69) is 20.8 Å². The quantitative estimate of drug-likeness (QED) is 0.862. The maximum Gasteiger partial charge on any atom is 0.246 e. The number of ether oxygens (including phenoxy) is 1. The van der Waals surface area contributed by atoms with E-state index in [1.807, 2.05) is 0 Å². The number of rotatable bonds is 5. The van der Waals surface area contributed by atoms with Crippen LogP contribution in [0.1, 0.15) is 19.8 Å². The molecule has 1 unspecified atom stereocenters. The number of nitrogens with one attached hydrogen (secondary N) is 1. The fourth-order valence-corrected chi connectivity index (χ4v) is 2.66. The molecule has 126 valence electrons. The van der Waals surface area contributed by atoms with Gasteiger partial charge in [0, 0.05) is 19.0 Å². The molecule has 1 atom stereocenters. The molecule has 1 aliphatic heterocycles. The summed E-state index contributed by atoms with van der Waals surface area (Å²) in [6, 6.07) is 4.67. The van der Waals surface area contributed by atoms with Crippen LogP contribution in [0, 0.1) is 0 Å². The van der Waals surface area contributed by atoms with Gasteiger partial charge in [-0.1, -0.05) is 0 Å². The Morgan fingerprint density at radius 1 is 1.42 bits per heavy atom. The minimum atomic E-state index is -0.524. The predicted octanol–water partition coefficient (Wildman–Crippen LogP) is 0.620. The summed E-state index contributed by atoms with van der Waals surface area (Å²) < 4.78 is 6.82. The van der Waals surface area contributed by atoms with E-state index in [0.29, 0.717) is 30.1 Å². The minimum absolute atomic E-state index is 0.0126. The maximum absolute atomic E-state index is 12.4. The Hall–Kier alpha value is -2.97. The van der Waals surface area contributed by atoms with Crippen LogP contribution in [0.4, 0.5) is 5.69 Å². The summed E-state index contributed by atoms with van der Waals surface area (Å²) in [7, 11) is 1.52. The molecule has 2 heterocycles. The zero-order valence-electron chi connectivity index (χ0n) is 13.5. The van der Waals surface area contributed by atoms with Crippen molar-refractivity contribution < 1.29 is 14.3 Å². The first-order chi connectivity index (χ1) is 11.6. The van der Waals surface area contributed by atoms with Crippen LogP contribution < -0.4 is 10.1 Å². The van der Waals surface area contributed by atoms with Gasteiger partial charge in [-0.25, -0.2) is 4.68 Å². The van der Waals surface area contributed by atoms with Gasteiger partial charge in [0.1, 0.15) is 18.1 Å². The summed E-state index contributed by atoms with van der Waals surface area (Å²) in [6.07, 6.45) is 2.76. The van der Waals surface area contributed by atoms with Gasteiger partial charge in [-0.2, -0.15) is 0 Å². The Morgan fingerprint density at radius 2 is 2.25 bits per heavy atom. The Bertz CT molecular complexity index is 746. The standard InChI is InChI=1S/C15H18N6O3/c1-10(20-7-3-4-14(20)22)15(23)17-12-6-5-11(8-13(12)24-2)21-9-16-18-19-21/h5-6,8-10H,3-4,7H2,1-2H3,(H,17,23). The highest BCUT2D eigenvalue weighted by Gasteiger charge is 2.29. The molecule has 1 aromatic heterocycles. The molecule has 0 saturated carbocycles. The van der Waals surface area contributed by atoms with E-state index in [0.717, 1.165) is 6.42 Å². The van der Waals surface area contributed by atoms with Crippen molar-refractivity contribution in [1.82, 2.24) is 25.1 Å². The molecule has 9 heteroatoms. The molecular weight excluding hydrogens is 312 g/mol. The third kappa shape index (κ3) is 3.05. The Balaban J connectivity index is 1.77. The van der Waals surface area contributed by atoms with Crippen LogP contribution in [0.15, 0.2) is 24.5 Å². The van der Waals surface area contributed by atoms with E-state index in [1.54, 1.807) is 30.0 Å². The number of methoxy groups -OCH3 is 1. The van der Waals surface area contributed by atoms with Gasteiger partial charge in [-0.15, -0.1) is 5.10 Å². The first kappa shape index (κ1) is 15.9. The number of likely N-dealkylation sites (tertiary alicyclic amines) is 1. The first-order valence-corrected chi connectivity index (χ1v) is 7.62. The fraction of sp³-hybridized carbons (Fsp3) is 0.400. The van der Waals surface area contributed by atoms with Gasteiger partial charge in [0.2, 0.25) is 11.8 Å². The lowest BCUT2D eigenvalue weighted by Crippen LogP contribution is -2.42. The summed E-state index contributed by atoms with van der Waals surface area (Å²) in [6.45, 7) is 2.34. The normalized spacial score (nSPS) is 15.4. The predicted molar refractivity (Wildman–Crippen MR) is 84.7 cm³/mol. The van der Waals surface area contributed by atoms with Gasteiger partial charge in [-0.05, 0) is 35.9 Å². The molecule has 1 aliphatic rings. The zero-order valence-corrected chi connectivity index (χ0v) is 13.5. The summed E-state index contributed by atoms with van der Waals surface area (Å²) >= 11 is 0. The van der Waals surface area contributed by atoms with Crippen molar-refractivity contribution in [2.24, 2.45) is 0 Å². The van der Waals surface area contributed by atoms with Crippen molar-refractivity contribution in [3.63, 3.8) is 0 Å². The number of tetrazole rings is 1. The van der Waals surface area contributed by atoms with Crippen molar-refractivity contribution in [1.29, 1.82) is 0 Å². The largest absolute Gasteiger partial charge is 0.494 e. The molecule has 24 heavy (non-hydrogen) atoms. The molecular formula is C15H18N6O3. The summed E-state index contributed by atoms with van der Waals surface area (Å²) in [4.78, 5) is 25.8. The average Bonchev–Trinajstić information content (AvgIpc) is 3.26. The highest BCUT2D eigenvalue weighted by Crippen LogP contribution is 2.27. The molecule has 9 nitrogen and oxygen atoms in total. The monoisotopic (exact) mass is 330 g/mol. The topological polar surface area (TPSA) is 102 Å². The molecule has 1 aromatic carbocycles. The third-order valence-corrected chi connectivity index (χ3v) is 4.01.